The van der Waals surface area contributed by atoms with E-state index < -0.39 is 0 Å². The third-order valence-corrected chi connectivity index (χ3v) is 1.83. The van der Waals surface area contributed by atoms with Crippen LogP contribution in [0, 0.1) is 27.7 Å². The van der Waals surface area contributed by atoms with E-state index in [2.05, 4.69) is 19.9 Å². The molecule has 0 spiro atoms. The van der Waals surface area contributed by atoms with Crippen LogP contribution < -0.4 is 0 Å². The quantitative estimate of drug-likeness (QED) is 0.677. The molecule has 0 N–H and O–H groups in total. The SMILES string of the molecule is Cc1ccnc(C)n1.Cc1cnc(C)cn1. The van der Waals surface area contributed by atoms with Crippen molar-refractivity contribution in [3.63, 3.8) is 0 Å². The van der Waals surface area contributed by atoms with Crippen LogP contribution in [-0.4, -0.2) is 19.9 Å². The molecular weight excluding hydrogens is 200 g/mol. The lowest BCUT2D eigenvalue weighted by Crippen LogP contribution is -1.86. The molecule has 0 saturated heterocycles. The Labute approximate surface area is 95.8 Å². The highest BCUT2D eigenvalue weighted by atomic mass is 14.9. The first-order valence-corrected chi connectivity index (χ1v) is 5.09. The van der Waals surface area contributed by atoms with Crippen LogP contribution in [0.4, 0.5) is 0 Å². The van der Waals surface area contributed by atoms with Crippen molar-refractivity contribution >= 4 is 0 Å². The number of hydrogen-bond donors (Lipinski definition) is 0. The Balaban J connectivity index is 0.000000160. The molecule has 2 rings (SSSR count). The second-order valence-corrected chi connectivity index (χ2v) is 3.54. The molecule has 0 fully saturated rings. The summed E-state index contributed by atoms with van der Waals surface area (Å²) in [6.45, 7) is 7.68. The summed E-state index contributed by atoms with van der Waals surface area (Å²) in [4.78, 5) is 16.0. The molecule has 0 amide bonds. The third-order valence-electron chi connectivity index (χ3n) is 1.83. The molecule has 4 heteroatoms. The van der Waals surface area contributed by atoms with E-state index in [0.717, 1.165) is 22.9 Å². The Morgan fingerprint density at radius 1 is 0.750 bits per heavy atom. The molecule has 84 valence electrons. The van der Waals surface area contributed by atoms with Gasteiger partial charge in [0.1, 0.15) is 5.82 Å². The van der Waals surface area contributed by atoms with Gasteiger partial charge in [-0.3, -0.25) is 9.97 Å². The first-order chi connectivity index (χ1) is 7.58. The zero-order valence-corrected chi connectivity index (χ0v) is 10.1. The van der Waals surface area contributed by atoms with E-state index in [1.165, 1.54) is 0 Å². The Hall–Kier alpha value is -1.84. The minimum Gasteiger partial charge on any atom is -0.258 e. The van der Waals surface area contributed by atoms with Crippen molar-refractivity contribution in [1.82, 2.24) is 19.9 Å². The number of hydrogen-bond acceptors (Lipinski definition) is 4. The minimum absolute atomic E-state index is 0.838. The van der Waals surface area contributed by atoms with Crippen LogP contribution in [0.25, 0.3) is 0 Å². The van der Waals surface area contributed by atoms with Gasteiger partial charge in [-0.2, -0.15) is 0 Å². The van der Waals surface area contributed by atoms with E-state index in [-0.39, 0.29) is 0 Å². The highest BCUT2D eigenvalue weighted by Gasteiger charge is 1.83. The van der Waals surface area contributed by atoms with Gasteiger partial charge in [-0.15, -0.1) is 0 Å². The van der Waals surface area contributed by atoms with Crippen LogP contribution in [0.15, 0.2) is 24.7 Å². The van der Waals surface area contributed by atoms with E-state index in [9.17, 15) is 0 Å². The fourth-order valence-corrected chi connectivity index (χ4v) is 1.03. The normalized spacial score (nSPS) is 9.25. The van der Waals surface area contributed by atoms with E-state index in [4.69, 9.17) is 0 Å². The molecule has 0 aromatic carbocycles. The molecule has 0 aliphatic rings. The third kappa shape index (κ3) is 4.59. The second kappa shape index (κ2) is 5.90. The van der Waals surface area contributed by atoms with Crippen LogP contribution in [0.2, 0.25) is 0 Å². The van der Waals surface area contributed by atoms with Gasteiger partial charge < -0.3 is 0 Å². The van der Waals surface area contributed by atoms with E-state index in [0.29, 0.717) is 0 Å². The monoisotopic (exact) mass is 216 g/mol. The first-order valence-electron chi connectivity index (χ1n) is 5.09. The van der Waals surface area contributed by atoms with Gasteiger partial charge in [-0.05, 0) is 33.8 Å². The Bertz CT molecular complexity index is 399. The molecule has 2 heterocycles. The molecule has 16 heavy (non-hydrogen) atoms. The lowest BCUT2D eigenvalue weighted by molar-refractivity contribution is 1.01. The van der Waals surface area contributed by atoms with Crippen molar-refractivity contribution in [2.45, 2.75) is 27.7 Å². The first kappa shape index (κ1) is 12.2. The maximum absolute atomic E-state index is 4.06. The molecule has 0 aliphatic carbocycles. The van der Waals surface area contributed by atoms with Gasteiger partial charge in [0.05, 0.1) is 11.4 Å². The molecule has 0 radical (unpaired) electrons. The smallest absolute Gasteiger partial charge is 0.125 e. The zero-order chi connectivity index (χ0) is 12.0. The fourth-order valence-electron chi connectivity index (χ4n) is 1.03. The van der Waals surface area contributed by atoms with Gasteiger partial charge in [-0.25, -0.2) is 9.97 Å². The predicted octanol–water partition coefficient (Wildman–Crippen LogP) is 2.19. The van der Waals surface area contributed by atoms with Gasteiger partial charge >= 0.3 is 0 Å². The Morgan fingerprint density at radius 2 is 1.31 bits per heavy atom. The largest absolute Gasteiger partial charge is 0.258 e. The molecule has 0 saturated carbocycles. The lowest BCUT2D eigenvalue weighted by Gasteiger charge is -1.89. The summed E-state index contributed by atoms with van der Waals surface area (Å²) in [6, 6.07) is 1.88. The predicted molar refractivity (Wildman–Crippen MR) is 63.0 cm³/mol. The highest BCUT2D eigenvalue weighted by Crippen LogP contribution is 1.89. The maximum atomic E-state index is 4.06. The minimum atomic E-state index is 0.838. The standard InChI is InChI=1S/2C6H8N2/c1-5-3-8-6(2)4-7-5;1-5-3-4-7-6(2)8-5/h2*3-4H,1-2H3. The van der Waals surface area contributed by atoms with Gasteiger partial charge in [0.25, 0.3) is 0 Å². The Kier molecular flexibility index (Phi) is 4.51. The molecule has 2 aromatic heterocycles. The van der Waals surface area contributed by atoms with Gasteiger partial charge in [-0.1, -0.05) is 0 Å². The fraction of sp³-hybridized carbons (Fsp3) is 0.333. The zero-order valence-electron chi connectivity index (χ0n) is 10.1. The van der Waals surface area contributed by atoms with Crippen molar-refractivity contribution in [3.05, 3.63) is 47.6 Å². The van der Waals surface area contributed by atoms with Crippen molar-refractivity contribution in [2.24, 2.45) is 0 Å². The Morgan fingerprint density at radius 3 is 1.62 bits per heavy atom. The second-order valence-electron chi connectivity index (χ2n) is 3.54. The topological polar surface area (TPSA) is 51.6 Å². The van der Waals surface area contributed by atoms with Crippen molar-refractivity contribution in [1.29, 1.82) is 0 Å². The maximum Gasteiger partial charge on any atom is 0.125 e. The molecule has 4 nitrogen and oxygen atoms in total. The van der Waals surface area contributed by atoms with Gasteiger partial charge in [0, 0.05) is 24.3 Å². The summed E-state index contributed by atoms with van der Waals surface area (Å²) in [5.74, 6) is 0.838. The number of nitrogens with zero attached hydrogens (tertiary/aromatic N) is 4. The van der Waals surface area contributed by atoms with Crippen LogP contribution >= 0.6 is 0 Å². The summed E-state index contributed by atoms with van der Waals surface area (Å²) >= 11 is 0. The highest BCUT2D eigenvalue weighted by molar-refractivity contribution is 4.98. The summed E-state index contributed by atoms with van der Waals surface area (Å²) in [6.07, 6.45) is 5.28. The van der Waals surface area contributed by atoms with Crippen LogP contribution in [0.3, 0.4) is 0 Å². The molecule has 0 atom stereocenters. The summed E-state index contributed by atoms with van der Waals surface area (Å²) in [7, 11) is 0. The average molecular weight is 216 g/mol. The number of aryl methyl sites for hydroxylation is 4. The molecule has 0 unspecified atom stereocenters. The summed E-state index contributed by atoms with van der Waals surface area (Å²) in [5, 5.41) is 0. The van der Waals surface area contributed by atoms with Gasteiger partial charge in [0.2, 0.25) is 0 Å². The average Bonchev–Trinajstić information content (AvgIpc) is 2.23. The van der Waals surface area contributed by atoms with Crippen molar-refractivity contribution in [2.75, 3.05) is 0 Å². The van der Waals surface area contributed by atoms with Crippen molar-refractivity contribution < 1.29 is 0 Å². The number of rotatable bonds is 0. The van der Waals surface area contributed by atoms with E-state index in [1.807, 2.05) is 33.8 Å². The summed E-state index contributed by atoms with van der Waals surface area (Å²) in [5.41, 5.74) is 2.96. The number of aromatic nitrogens is 4. The van der Waals surface area contributed by atoms with E-state index >= 15 is 0 Å². The molecule has 0 aliphatic heterocycles. The van der Waals surface area contributed by atoms with E-state index in [1.54, 1.807) is 18.6 Å². The molecular formula is C12H16N4. The van der Waals surface area contributed by atoms with Crippen molar-refractivity contribution in [3.8, 4) is 0 Å². The summed E-state index contributed by atoms with van der Waals surface area (Å²) < 4.78 is 0. The van der Waals surface area contributed by atoms with Crippen LogP contribution in [-0.2, 0) is 0 Å². The van der Waals surface area contributed by atoms with Crippen LogP contribution in [0.1, 0.15) is 22.9 Å². The molecule has 2 aromatic rings. The van der Waals surface area contributed by atoms with Gasteiger partial charge in [0.15, 0.2) is 0 Å². The lowest BCUT2D eigenvalue weighted by atomic mass is 10.4. The molecule has 0 bridgehead atoms. The van der Waals surface area contributed by atoms with Crippen LogP contribution in [0.5, 0.6) is 0 Å².